The number of hydrogen-bond donors (Lipinski definition) is 2. The Balaban J connectivity index is 1.98. The first-order valence-corrected chi connectivity index (χ1v) is 4.57. The molecule has 0 saturated heterocycles. The summed E-state index contributed by atoms with van der Waals surface area (Å²) in [7, 11) is 0. The highest BCUT2D eigenvalue weighted by molar-refractivity contribution is 5.40. The first-order chi connectivity index (χ1) is 7.75. The quantitative estimate of drug-likeness (QED) is 0.597. The topological polar surface area (TPSA) is 96.7 Å². The molecule has 2 aromatic heterocycles. The summed E-state index contributed by atoms with van der Waals surface area (Å²) in [5, 5.41) is 19.9. The Morgan fingerprint density at radius 1 is 1.44 bits per heavy atom. The van der Waals surface area contributed by atoms with Gasteiger partial charge in [0.1, 0.15) is 12.0 Å². The van der Waals surface area contributed by atoms with Crippen LogP contribution in [0.4, 0.5) is 11.5 Å². The largest absolute Gasteiger partial charge is 0.366 e. The maximum Gasteiger partial charge on any atom is 0.287 e. The standard InChI is InChI=1S/C9H9N5O2/c15-14(16)8-1-2-9(11-6-8)10-3-7-4-12-13-5-7/h1-2,4-6H,3H2,(H,10,11)(H,12,13). The van der Waals surface area contributed by atoms with E-state index in [1.54, 1.807) is 18.5 Å². The molecular formula is C9H9N5O2. The highest BCUT2D eigenvalue weighted by Crippen LogP contribution is 2.12. The van der Waals surface area contributed by atoms with E-state index in [1.807, 2.05) is 0 Å². The van der Waals surface area contributed by atoms with Gasteiger partial charge >= 0.3 is 0 Å². The fraction of sp³-hybridized carbons (Fsp3) is 0.111. The summed E-state index contributed by atoms with van der Waals surface area (Å²) in [4.78, 5) is 13.8. The molecule has 7 nitrogen and oxygen atoms in total. The van der Waals surface area contributed by atoms with Crippen molar-refractivity contribution in [3.05, 3.63) is 46.4 Å². The Hall–Kier alpha value is -2.44. The third-order valence-electron chi connectivity index (χ3n) is 1.99. The van der Waals surface area contributed by atoms with Crippen molar-refractivity contribution in [3.8, 4) is 0 Å². The summed E-state index contributed by atoms with van der Waals surface area (Å²) in [6.07, 6.45) is 4.68. The van der Waals surface area contributed by atoms with Crippen LogP contribution in [-0.4, -0.2) is 20.1 Å². The van der Waals surface area contributed by atoms with Gasteiger partial charge in [0.05, 0.1) is 11.1 Å². The van der Waals surface area contributed by atoms with Crippen LogP contribution in [0, 0.1) is 10.1 Å². The summed E-state index contributed by atoms with van der Waals surface area (Å²) in [5.41, 5.74) is 0.967. The molecule has 0 spiro atoms. The molecule has 7 heteroatoms. The smallest absolute Gasteiger partial charge is 0.287 e. The Kier molecular flexibility index (Phi) is 2.77. The van der Waals surface area contributed by atoms with Gasteiger partial charge in [0, 0.05) is 24.4 Å². The molecule has 0 bridgehead atoms. The molecule has 0 fully saturated rings. The minimum atomic E-state index is -0.479. The zero-order chi connectivity index (χ0) is 11.4. The van der Waals surface area contributed by atoms with Crippen LogP contribution in [0.1, 0.15) is 5.56 Å². The first kappa shape index (κ1) is 10.1. The van der Waals surface area contributed by atoms with Gasteiger partial charge in [-0.2, -0.15) is 5.10 Å². The molecule has 2 rings (SSSR count). The van der Waals surface area contributed by atoms with Gasteiger partial charge in [-0.15, -0.1) is 0 Å². The van der Waals surface area contributed by atoms with Gasteiger partial charge in [0.2, 0.25) is 0 Å². The Morgan fingerprint density at radius 3 is 2.88 bits per heavy atom. The van der Waals surface area contributed by atoms with Gasteiger partial charge in [-0.1, -0.05) is 0 Å². The van der Waals surface area contributed by atoms with Crippen molar-refractivity contribution in [1.29, 1.82) is 0 Å². The lowest BCUT2D eigenvalue weighted by molar-refractivity contribution is -0.385. The van der Waals surface area contributed by atoms with E-state index >= 15 is 0 Å². The summed E-state index contributed by atoms with van der Waals surface area (Å²) in [6.45, 7) is 0.571. The average molecular weight is 219 g/mol. The van der Waals surface area contributed by atoms with Gasteiger partial charge < -0.3 is 5.32 Å². The number of aromatic amines is 1. The maximum atomic E-state index is 10.4. The van der Waals surface area contributed by atoms with E-state index in [1.165, 1.54) is 12.3 Å². The Bertz CT molecular complexity index is 465. The van der Waals surface area contributed by atoms with Crippen LogP contribution in [0.15, 0.2) is 30.7 Å². The molecule has 0 radical (unpaired) electrons. The van der Waals surface area contributed by atoms with Gasteiger partial charge in [-0.3, -0.25) is 15.2 Å². The molecule has 16 heavy (non-hydrogen) atoms. The number of anilines is 1. The van der Waals surface area contributed by atoms with Crippen molar-refractivity contribution in [2.75, 3.05) is 5.32 Å². The fourth-order valence-electron chi connectivity index (χ4n) is 1.17. The van der Waals surface area contributed by atoms with Crippen molar-refractivity contribution in [2.45, 2.75) is 6.54 Å². The molecule has 0 aliphatic rings. The Labute approximate surface area is 90.7 Å². The second-order valence-corrected chi connectivity index (χ2v) is 3.12. The average Bonchev–Trinajstić information content (AvgIpc) is 2.80. The van der Waals surface area contributed by atoms with E-state index in [-0.39, 0.29) is 5.69 Å². The molecule has 2 heterocycles. The molecular weight excluding hydrogens is 210 g/mol. The van der Waals surface area contributed by atoms with E-state index in [2.05, 4.69) is 20.5 Å². The fourth-order valence-corrected chi connectivity index (χ4v) is 1.17. The molecule has 2 N–H and O–H groups in total. The lowest BCUT2D eigenvalue weighted by Crippen LogP contribution is -2.00. The van der Waals surface area contributed by atoms with Crippen LogP contribution >= 0.6 is 0 Å². The number of H-pyrrole nitrogens is 1. The van der Waals surface area contributed by atoms with Gasteiger partial charge in [0.25, 0.3) is 5.69 Å². The predicted molar refractivity (Wildman–Crippen MR) is 56.8 cm³/mol. The van der Waals surface area contributed by atoms with Crippen molar-refractivity contribution in [1.82, 2.24) is 15.2 Å². The molecule has 0 unspecified atom stereocenters. The molecule has 0 aliphatic carbocycles. The number of aromatic nitrogens is 3. The van der Waals surface area contributed by atoms with Gasteiger partial charge in [0.15, 0.2) is 0 Å². The van der Waals surface area contributed by atoms with Gasteiger partial charge in [-0.05, 0) is 6.07 Å². The maximum absolute atomic E-state index is 10.4. The Morgan fingerprint density at radius 2 is 2.31 bits per heavy atom. The van der Waals surface area contributed by atoms with Crippen LogP contribution in [0.2, 0.25) is 0 Å². The van der Waals surface area contributed by atoms with E-state index in [4.69, 9.17) is 0 Å². The second kappa shape index (κ2) is 4.39. The molecule has 0 atom stereocenters. The number of nitrogens with zero attached hydrogens (tertiary/aromatic N) is 3. The zero-order valence-electron chi connectivity index (χ0n) is 8.25. The van der Waals surface area contributed by atoms with E-state index < -0.39 is 4.92 Å². The summed E-state index contributed by atoms with van der Waals surface area (Å²) in [6, 6.07) is 2.98. The highest BCUT2D eigenvalue weighted by atomic mass is 16.6. The predicted octanol–water partition coefficient (Wildman–Crippen LogP) is 1.32. The number of pyridine rings is 1. The molecule has 2 aromatic rings. The summed E-state index contributed by atoms with van der Waals surface area (Å²) >= 11 is 0. The minimum absolute atomic E-state index is 0.0196. The van der Waals surface area contributed by atoms with Crippen molar-refractivity contribution < 1.29 is 4.92 Å². The molecule has 82 valence electrons. The van der Waals surface area contributed by atoms with E-state index in [0.29, 0.717) is 12.4 Å². The highest BCUT2D eigenvalue weighted by Gasteiger charge is 2.04. The third-order valence-corrected chi connectivity index (χ3v) is 1.99. The number of nitrogens with one attached hydrogen (secondary N) is 2. The molecule has 0 aliphatic heterocycles. The van der Waals surface area contributed by atoms with Gasteiger partial charge in [-0.25, -0.2) is 4.98 Å². The second-order valence-electron chi connectivity index (χ2n) is 3.12. The number of hydrogen-bond acceptors (Lipinski definition) is 5. The third kappa shape index (κ3) is 2.32. The monoisotopic (exact) mass is 219 g/mol. The SMILES string of the molecule is O=[N+]([O-])c1ccc(NCc2cn[nH]c2)nc1. The summed E-state index contributed by atoms with van der Waals surface area (Å²) in [5.74, 6) is 0.590. The van der Waals surface area contributed by atoms with Crippen molar-refractivity contribution in [3.63, 3.8) is 0 Å². The van der Waals surface area contributed by atoms with Crippen LogP contribution in [-0.2, 0) is 6.54 Å². The van der Waals surface area contributed by atoms with E-state index in [9.17, 15) is 10.1 Å². The lowest BCUT2D eigenvalue weighted by atomic mass is 10.3. The van der Waals surface area contributed by atoms with Crippen molar-refractivity contribution >= 4 is 11.5 Å². The number of rotatable bonds is 4. The first-order valence-electron chi connectivity index (χ1n) is 4.57. The number of nitro groups is 1. The summed E-state index contributed by atoms with van der Waals surface area (Å²) < 4.78 is 0. The van der Waals surface area contributed by atoms with Crippen molar-refractivity contribution in [2.24, 2.45) is 0 Å². The molecule has 0 amide bonds. The van der Waals surface area contributed by atoms with E-state index in [0.717, 1.165) is 5.56 Å². The molecule has 0 saturated carbocycles. The van der Waals surface area contributed by atoms with Crippen LogP contribution in [0.5, 0.6) is 0 Å². The molecule has 0 aromatic carbocycles. The van der Waals surface area contributed by atoms with Crippen LogP contribution in [0.3, 0.4) is 0 Å². The lowest BCUT2D eigenvalue weighted by Gasteiger charge is -2.02. The minimum Gasteiger partial charge on any atom is -0.366 e. The zero-order valence-corrected chi connectivity index (χ0v) is 8.25. The van der Waals surface area contributed by atoms with Crippen LogP contribution < -0.4 is 5.32 Å². The normalized spacial score (nSPS) is 10.0. The van der Waals surface area contributed by atoms with Crippen LogP contribution in [0.25, 0.3) is 0 Å².